The molecule has 264 valence electrons. The lowest BCUT2D eigenvalue weighted by molar-refractivity contribution is 0.778. The number of aromatic nitrogens is 2. The van der Waals surface area contributed by atoms with Crippen LogP contribution < -0.4 is 5.32 Å². The Bertz CT molecular complexity index is 2910. The molecule has 4 heteroatoms. The molecule has 0 spiro atoms. The van der Waals surface area contributed by atoms with Gasteiger partial charge in [-0.1, -0.05) is 158 Å². The third kappa shape index (κ3) is 5.34. The smallest absolute Gasteiger partial charge is 0.134 e. The van der Waals surface area contributed by atoms with Crippen LogP contribution >= 0.6 is 0 Å². The molecule has 1 aliphatic rings. The zero-order chi connectivity index (χ0) is 37.0. The molecule has 0 fully saturated rings. The Morgan fingerprint density at radius 2 is 0.768 bits per heavy atom. The Hall–Kier alpha value is -7.43. The lowest BCUT2D eigenvalue weighted by Crippen LogP contribution is -2.31. The minimum Gasteiger partial charge on any atom is -0.359 e. The van der Waals surface area contributed by atoms with Crippen molar-refractivity contribution in [3.63, 3.8) is 0 Å². The predicted octanol–water partition coefficient (Wildman–Crippen LogP) is 12.7. The summed E-state index contributed by atoms with van der Waals surface area (Å²) in [5.41, 5.74) is 13.5. The van der Waals surface area contributed by atoms with Crippen LogP contribution in [-0.4, -0.2) is 15.0 Å². The van der Waals surface area contributed by atoms with Crippen molar-refractivity contribution in [3.8, 4) is 22.5 Å². The number of aliphatic imine (C=N–C) groups is 1. The normalized spacial score (nSPS) is 14.2. The maximum atomic E-state index is 5.27. The fourth-order valence-corrected chi connectivity index (χ4v) is 8.54. The minimum absolute atomic E-state index is 0.175. The standard InChI is InChI=1S/C52H36N4/c1-3-15-35(16-4-1)36-27-29-37(30-28-36)46-34-47(54-52(53-46)38-17-5-2-6-18-38)39-31-40(55-48-23-11-7-19-42(48)43-20-8-12-24-49(43)55)33-41(32-39)56-50-25-13-9-21-44(50)45-22-10-14-26-51(45)56/h1-34,47H,(H,53,54). The average Bonchev–Trinajstić information content (AvgIpc) is 3.80. The molecule has 0 radical (unpaired) electrons. The van der Waals surface area contributed by atoms with Gasteiger partial charge in [0.1, 0.15) is 5.84 Å². The molecule has 0 saturated carbocycles. The molecule has 0 bridgehead atoms. The molecule has 1 unspecified atom stereocenters. The maximum absolute atomic E-state index is 5.27. The molecule has 0 aliphatic carbocycles. The van der Waals surface area contributed by atoms with Crippen molar-refractivity contribution in [2.24, 2.45) is 4.99 Å². The SMILES string of the molecule is C1=C(c2ccc(-c3ccccc3)cc2)N=C(c2ccccc2)NC1c1cc(-n2c3ccccc3c3ccccc32)cc(-n2c3ccccc3c3ccccc32)c1. The highest BCUT2D eigenvalue weighted by Crippen LogP contribution is 2.38. The number of nitrogens with one attached hydrogen (secondary N) is 1. The lowest BCUT2D eigenvalue weighted by Gasteiger charge is -2.26. The molecular weight excluding hydrogens is 681 g/mol. The number of benzene rings is 8. The summed E-state index contributed by atoms with van der Waals surface area (Å²) in [7, 11) is 0. The largest absolute Gasteiger partial charge is 0.359 e. The second-order valence-corrected chi connectivity index (χ2v) is 14.5. The van der Waals surface area contributed by atoms with Crippen molar-refractivity contribution in [2.75, 3.05) is 0 Å². The number of hydrogen-bond donors (Lipinski definition) is 1. The van der Waals surface area contributed by atoms with Crippen molar-refractivity contribution >= 4 is 55.1 Å². The van der Waals surface area contributed by atoms with Gasteiger partial charge in [-0.25, -0.2) is 4.99 Å². The highest BCUT2D eigenvalue weighted by molar-refractivity contribution is 6.11. The molecule has 8 aromatic carbocycles. The van der Waals surface area contributed by atoms with Crippen LogP contribution in [0.15, 0.2) is 211 Å². The van der Waals surface area contributed by atoms with E-state index in [2.05, 4.69) is 221 Å². The molecule has 0 amide bonds. The summed E-state index contributed by atoms with van der Waals surface area (Å²) in [5.74, 6) is 0.848. The molecule has 56 heavy (non-hydrogen) atoms. The van der Waals surface area contributed by atoms with Crippen molar-refractivity contribution in [3.05, 3.63) is 223 Å². The van der Waals surface area contributed by atoms with Crippen LogP contribution in [0, 0.1) is 0 Å². The van der Waals surface area contributed by atoms with Gasteiger partial charge in [0.15, 0.2) is 0 Å². The first-order valence-electron chi connectivity index (χ1n) is 19.2. The summed E-state index contributed by atoms with van der Waals surface area (Å²) < 4.78 is 4.85. The average molecular weight is 717 g/mol. The molecule has 1 atom stereocenters. The first kappa shape index (κ1) is 32.0. The van der Waals surface area contributed by atoms with E-state index in [9.17, 15) is 0 Å². The first-order chi connectivity index (χ1) is 27.8. The quantitative estimate of drug-likeness (QED) is 0.183. The van der Waals surface area contributed by atoms with Gasteiger partial charge < -0.3 is 14.5 Å². The molecule has 3 heterocycles. The van der Waals surface area contributed by atoms with E-state index in [1.807, 2.05) is 0 Å². The van der Waals surface area contributed by atoms with Crippen LogP contribution in [0.25, 0.3) is 71.8 Å². The van der Waals surface area contributed by atoms with Crippen LogP contribution in [0.2, 0.25) is 0 Å². The molecule has 4 nitrogen and oxygen atoms in total. The van der Waals surface area contributed by atoms with E-state index in [0.717, 1.165) is 39.6 Å². The Morgan fingerprint density at radius 1 is 0.375 bits per heavy atom. The molecule has 11 rings (SSSR count). The zero-order valence-corrected chi connectivity index (χ0v) is 30.5. The van der Waals surface area contributed by atoms with Crippen molar-refractivity contribution in [2.45, 2.75) is 6.04 Å². The van der Waals surface area contributed by atoms with E-state index in [-0.39, 0.29) is 6.04 Å². The zero-order valence-electron chi connectivity index (χ0n) is 30.5. The number of amidine groups is 1. The second kappa shape index (κ2) is 13.2. The summed E-state index contributed by atoms with van der Waals surface area (Å²) >= 11 is 0. The van der Waals surface area contributed by atoms with Crippen LogP contribution in [0.5, 0.6) is 0 Å². The van der Waals surface area contributed by atoms with Gasteiger partial charge >= 0.3 is 0 Å². The van der Waals surface area contributed by atoms with Gasteiger partial charge in [-0.3, -0.25) is 0 Å². The summed E-state index contributed by atoms with van der Waals surface area (Å²) in [6.07, 6.45) is 2.28. The Kier molecular flexibility index (Phi) is 7.52. The third-order valence-electron chi connectivity index (χ3n) is 11.1. The van der Waals surface area contributed by atoms with E-state index in [1.54, 1.807) is 0 Å². The molecular formula is C52H36N4. The molecule has 10 aromatic rings. The molecule has 1 N–H and O–H groups in total. The Morgan fingerprint density at radius 3 is 1.25 bits per heavy atom. The van der Waals surface area contributed by atoms with Gasteiger partial charge in [0.25, 0.3) is 0 Å². The Balaban J connectivity index is 1.15. The maximum Gasteiger partial charge on any atom is 0.134 e. The number of rotatable bonds is 6. The molecule has 1 aliphatic heterocycles. The highest BCUT2D eigenvalue weighted by Gasteiger charge is 2.23. The van der Waals surface area contributed by atoms with Gasteiger partial charge in [-0.15, -0.1) is 0 Å². The van der Waals surface area contributed by atoms with E-state index in [4.69, 9.17) is 4.99 Å². The number of hydrogen-bond acceptors (Lipinski definition) is 2. The van der Waals surface area contributed by atoms with E-state index >= 15 is 0 Å². The van der Waals surface area contributed by atoms with Gasteiger partial charge in [0.2, 0.25) is 0 Å². The fourth-order valence-electron chi connectivity index (χ4n) is 8.54. The van der Waals surface area contributed by atoms with Gasteiger partial charge in [-0.05, 0) is 70.8 Å². The van der Waals surface area contributed by atoms with E-state index in [1.165, 1.54) is 54.7 Å². The second-order valence-electron chi connectivity index (χ2n) is 14.5. The number of nitrogens with zero attached hydrogens (tertiary/aromatic N) is 3. The fraction of sp³-hybridized carbons (Fsp3) is 0.0192. The summed E-state index contributed by atoms with van der Waals surface area (Å²) in [4.78, 5) is 5.27. The van der Waals surface area contributed by atoms with Crippen LogP contribution in [0.3, 0.4) is 0 Å². The summed E-state index contributed by atoms with van der Waals surface area (Å²) in [6.45, 7) is 0. The van der Waals surface area contributed by atoms with Gasteiger partial charge in [0, 0.05) is 38.5 Å². The summed E-state index contributed by atoms with van der Waals surface area (Å²) in [6, 6.07) is 71.6. The van der Waals surface area contributed by atoms with Crippen molar-refractivity contribution in [1.82, 2.24) is 14.5 Å². The van der Waals surface area contributed by atoms with Crippen molar-refractivity contribution < 1.29 is 0 Å². The van der Waals surface area contributed by atoms with E-state index in [0.29, 0.717) is 0 Å². The highest BCUT2D eigenvalue weighted by atomic mass is 15.1. The van der Waals surface area contributed by atoms with Crippen LogP contribution in [-0.2, 0) is 0 Å². The Labute approximate surface area is 324 Å². The number of para-hydroxylation sites is 4. The monoisotopic (exact) mass is 716 g/mol. The third-order valence-corrected chi connectivity index (χ3v) is 11.1. The topological polar surface area (TPSA) is 34.2 Å². The van der Waals surface area contributed by atoms with Crippen molar-refractivity contribution in [1.29, 1.82) is 0 Å². The molecule has 2 aromatic heterocycles. The van der Waals surface area contributed by atoms with Gasteiger partial charge in [0.05, 0.1) is 33.8 Å². The van der Waals surface area contributed by atoms with Crippen LogP contribution in [0.4, 0.5) is 0 Å². The lowest BCUT2D eigenvalue weighted by atomic mass is 9.97. The van der Waals surface area contributed by atoms with E-state index < -0.39 is 0 Å². The van der Waals surface area contributed by atoms with Gasteiger partial charge in [-0.2, -0.15) is 0 Å². The summed E-state index contributed by atoms with van der Waals surface area (Å²) in [5, 5.41) is 8.82. The number of fused-ring (bicyclic) bond motifs is 6. The van der Waals surface area contributed by atoms with Crippen LogP contribution in [0.1, 0.15) is 22.7 Å². The predicted molar refractivity (Wildman–Crippen MR) is 234 cm³/mol. The first-order valence-corrected chi connectivity index (χ1v) is 19.2. The minimum atomic E-state index is -0.175. The molecule has 0 saturated heterocycles.